The monoisotopic (exact) mass is 326 g/mol. The summed E-state index contributed by atoms with van der Waals surface area (Å²) in [6.07, 6.45) is 1.47. The highest BCUT2D eigenvalue weighted by Crippen LogP contribution is 2.25. The van der Waals surface area contributed by atoms with Gasteiger partial charge in [0, 0.05) is 22.5 Å². The molecule has 0 fully saturated rings. The highest BCUT2D eigenvalue weighted by Gasteiger charge is 2.09. The summed E-state index contributed by atoms with van der Waals surface area (Å²) in [4.78, 5) is 16.4. The lowest BCUT2D eigenvalue weighted by atomic mass is 10.1. The third kappa shape index (κ3) is 3.55. The van der Waals surface area contributed by atoms with Gasteiger partial charge in [-0.15, -0.1) is 0 Å². The molecule has 0 aliphatic carbocycles. The number of pyridine rings is 1. The molecule has 0 aliphatic rings. The van der Waals surface area contributed by atoms with Crippen molar-refractivity contribution in [2.45, 2.75) is 0 Å². The minimum absolute atomic E-state index is 0.353. The quantitative estimate of drug-likeness (QED) is 0.751. The molecule has 23 heavy (non-hydrogen) atoms. The van der Waals surface area contributed by atoms with E-state index in [1.54, 1.807) is 24.3 Å². The second-order valence-electron chi connectivity index (χ2n) is 4.88. The van der Waals surface area contributed by atoms with E-state index < -0.39 is 5.82 Å². The van der Waals surface area contributed by atoms with Crippen LogP contribution in [0, 0.1) is 5.82 Å². The molecule has 114 valence electrons. The van der Waals surface area contributed by atoms with Crippen molar-refractivity contribution in [1.29, 1.82) is 0 Å². The number of nitrogens with zero attached hydrogens (tertiary/aromatic N) is 1. The molecule has 2 aromatic carbocycles. The van der Waals surface area contributed by atoms with Crippen molar-refractivity contribution < 1.29 is 9.18 Å². The molecular weight excluding hydrogens is 315 g/mol. The lowest BCUT2D eigenvalue weighted by Gasteiger charge is -2.07. The van der Waals surface area contributed by atoms with Crippen LogP contribution in [0.3, 0.4) is 0 Å². The van der Waals surface area contributed by atoms with Crippen molar-refractivity contribution in [3.8, 4) is 11.3 Å². The maximum absolute atomic E-state index is 13.1. The standard InChI is InChI=1S/C18H12ClFN2O/c19-16-7-2-1-6-15(16)17-9-8-12(11-21-17)18(23)22-14-5-3-4-13(20)10-14/h1-11H,(H,22,23). The molecule has 0 spiro atoms. The molecule has 5 heteroatoms. The molecule has 0 atom stereocenters. The highest BCUT2D eigenvalue weighted by atomic mass is 35.5. The number of carbonyl (C=O) groups is 1. The summed E-state index contributed by atoms with van der Waals surface area (Å²) in [5, 5.41) is 3.22. The maximum atomic E-state index is 13.1. The first-order valence-electron chi connectivity index (χ1n) is 6.91. The Bertz CT molecular complexity index is 850. The number of amides is 1. The van der Waals surface area contributed by atoms with Crippen molar-refractivity contribution >= 4 is 23.2 Å². The van der Waals surface area contributed by atoms with Gasteiger partial charge in [-0.1, -0.05) is 35.9 Å². The number of benzene rings is 2. The van der Waals surface area contributed by atoms with Gasteiger partial charge < -0.3 is 5.32 Å². The zero-order valence-corrected chi connectivity index (χ0v) is 12.7. The minimum Gasteiger partial charge on any atom is -0.322 e. The van der Waals surface area contributed by atoms with E-state index >= 15 is 0 Å². The summed E-state index contributed by atoms with van der Waals surface area (Å²) in [5.41, 5.74) is 2.25. The number of rotatable bonds is 3. The van der Waals surface area contributed by atoms with Crippen molar-refractivity contribution in [3.05, 3.63) is 83.3 Å². The van der Waals surface area contributed by atoms with Gasteiger partial charge in [-0.3, -0.25) is 9.78 Å². The molecule has 1 N–H and O–H groups in total. The number of hydrogen-bond donors (Lipinski definition) is 1. The molecule has 1 aromatic heterocycles. The van der Waals surface area contributed by atoms with Gasteiger partial charge in [0.05, 0.1) is 11.3 Å². The van der Waals surface area contributed by atoms with Gasteiger partial charge in [0.1, 0.15) is 5.82 Å². The van der Waals surface area contributed by atoms with E-state index in [2.05, 4.69) is 10.3 Å². The van der Waals surface area contributed by atoms with Crippen LogP contribution < -0.4 is 5.32 Å². The van der Waals surface area contributed by atoms with Crippen LogP contribution in [0.15, 0.2) is 66.9 Å². The molecule has 3 rings (SSSR count). The predicted octanol–water partition coefficient (Wildman–Crippen LogP) is 4.79. The Morgan fingerprint density at radius 2 is 1.87 bits per heavy atom. The first-order chi connectivity index (χ1) is 11.1. The molecule has 3 nitrogen and oxygen atoms in total. The number of nitrogens with one attached hydrogen (secondary N) is 1. The molecule has 1 heterocycles. The lowest BCUT2D eigenvalue weighted by Crippen LogP contribution is -2.12. The number of anilines is 1. The summed E-state index contributed by atoms with van der Waals surface area (Å²) < 4.78 is 13.1. The molecule has 0 bridgehead atoms. The average Bonchev–Trinajstić information content (AvgIpc) is 2.55. The lowest BCUT2D eigenvalue weighted by molar-refractivity contribution is 0.102. The van der Waals surface area contributed by atoms with Crippen LogP contribution in [0.1, 0.15) is 10.4 Å². The predicted molar refractivity (Wildman–Crippen MR) is 89.0 cm³/mol. The van der Waals surface area contributed by atoms with E-state index in [0.717, 1.165) is 5.56 Å². The van der Waals surface area contributed by atoms with Crippen LogP contribution in [-0.4, -0.2) is 10.9 Å². The Morgan fingerprint density at radius 1 is 1.04 bits per heavy atom. The van der Waals surface area contributed by atoms with Crippen molar-refractivity contribution in [1.82, 2.24) is 4.98 Å². The molecular formula is C18H12ClFN2O. The fourth-order valence-electron chi connectivity index (χ4n) is 2.13. The fraction of sp³-hybridized carbons (Fsp3) is 0. The van der Waals surface area contributed by atoms with E-state index in [1.165, 1.54) is 24.4 Å². The van der Waals surface area contributed by atoms with Gasteiger partial charge in [0.25, 0.3) is 5.91 Å². The van der Waals surface area contributed by atoms with E-state index in [1.807, 2.05) is 18.2 Å². The Kier molecular flexibility index (Phi) is 4.35. The van der Waals surface area contributed by atoms with Gasteiger partial charge in [0.15, 0.2) is 0 Å². The van der Waals surface area contributed by atoms with E-state index in [0.29, 0.717) is 22.0 Å². The Morgan fingerprint density at radius 3 is 2.57 bits per heavy atom. The molecule has 0 saturated heterocycles. The van der Waals surface area contributed by atoms with Crippen LogP contribution in [0.5, 0.6) is 0 Å². The van der Waals surface area contributed by atoms with Gasteiger partial charge in [-0.25, -0.2) is 4.39 Å². The summed E-state index contributed by atoms with van der Waals surface area (Å²) in [7, 11) is 0. The normalized spacial score (nSPS) is 10.3. The van der Waals surface area contributed by atoms with Crippen LogP contribution in [0.4, 0.5) is 10.1 Å². The molecule has 0 saturated carbocycles. The third-order valence-corrected chi connectivity index (χ3v) is 3.59. The number of aromatic nitrogens is 1. The number of halogens is 2. The van der Waals surface area contributed by atoms with Crippen LogP contribution in [0.25, 0.3) is 11.3 Å². The van der Waals surface area contributed by atoms with E-state index in [-0.39, 0.29) is 5.91 Å². The third-order valence-electron chi connectivity index (χ3n) is 3.26. The molecule has 1 amide bonds. The first-order valence-corrected chi connectivity index (χ1v) is 7.29. The van der Waals surface area contributed by atoms with Gasteiger partial charge >= 0.3 is 0 Å². The van der Waals surface area contributed by atoms with Crippen LogP contribution in [0.2, 0.25) is 5.02 Å². The Hall–Kier alpha value is -2.72. The van der Waals surface area contributed by atoms with Crippen molar-refractivity contribution in [2.75, 3.05) is 5.32 Å². The van der Waals surface area contributed by atoms with Crippen molar-refractivity contribution in [3.63, 3.8) is 0 Å². The number of hydrogen-bond acceptors (Lipinski definition) is 2. The fourth-order valence-corrected chi connectivity index (χ4v) is 2.36. The largest absolute Gasteiger partial charge is 0.322 e. The zero-order chi connectivity index (χ0) is 16.2. The average molecular weight is 327 g/mol. The highest BCUT2D eigenvalue weighted by molar-refractivity contribution is 6.33. The Balaban J connectivity index is 1.79. The van der Waals surface area contributed by atoms with E-state index in [4.69, 9.17) is 11.6 Å². The van der Waals surface area contributed by atoms with Gasteiger partial charge in [0.2, 0.25) is 0 Å². The van der Waals surface area contributed by atoms with Gasteiger partial charge in [-0.05, 0) is 36.4 Å². The number of carbonyl (C=O) groups excluding carboxylic acids is 1. The molecule has 0 aliphatic heterocycles. The first kappa shape index (κ1) is 15.2. The minimum atomic E-state index is -0.407. The maximum Gasteiger partial charge on any atom is 0.257 e. The second-order valence-corrected chi connectivity index (χ2v) is 5.28. The summed E-state index contributed by atoms with van der Waals surface area (Å²) >= 11 is 6.13. The van der Waals surface area contributed by atoms with Crippen LogP contribution >= 0.6 is 11.6 Å². The molecule has 0 unspecified atom stereocenters. The Labute approximate surface area is 137 Å². The van der Waals surface area contributed by atoms with E-state index in [9.17, 15) is 9.18 Å². The SMILES string of the molecule is O=C(Nc1cccc(F)c1)c1ccc(-c2ccccc2Cl)nc1. The smallest absolute Gasteiger partial charge is 0.257 e. The van der Waals surface area contributed by atoms with Gasteiger partial charge in [-0.2, -0.15) is 0 Å². The second kappa shape index (κ2) is 6.58. The summed E-state index contributed by atoms with van der Waals surface area (Å²) in [5.74, 6) is -0.760. The topological polar surface area (TPSA) is 42.0 Å². The zero-order valence-electron chi connectivity index (χ0n) is 12.0. The van der Waals surface area contributed by atoms with Crippen molar-refractivity contribution in [2.24, 2.45) is 0 Å². The summed E-state index contributed by atoms with van der Waals surface area (Å²) in [6, 6.07) is 16.4. The molecule has 0 radical (unpaired) electrons. The van der Waals surface area contributed by atoms with Crippen LogP contribution in [-0.2, 0) is 0 Å². The molecule has 3 aromatic rings. The summed E-state index contributed by atoms with van der Waals surface area (Å²) in [6.45, 7) is 0.